The van der Waals surface area contributed by atoms with Gasteiger partial charge in [-0.3, -0.25) is 9.59 Å². The van der Waals surface area contributed by atoms with Crippen LogP contribution in [0.3, 0.4) is 0 Å². The van der Waals surface area contributed by atoms with Crippen LogP contribution in [0.15, 0.2) is 41.8 Å². The molecule has 0 saturated carbocycles. The maximum absolute atomic E-state index is 12.4. The molecule has 1 unspecified atom stereocenters. The van der Waals surface area contributed by atoms with Crippen molar-refractivity contribution >= 4 is 34.5 Å². The van der Waals surface area contributed by atoms with E-state index in [0.29, 0.717) is 6.54 Å². The van der Waals surface area contributed by atoms with E-state index in [1.165, 1.54) is 11.8 Å². The zero-order valence-electron chi connectivity index (χ0n) is 16.8. The lowest BCUT2D eigenvalue weighted by atomic mass is 10.0. The fraction of sp³-hybridized carbons (Fsp3) is 0.318. The highest BCUT2D eigenvalue weighted by Crippen LogP contribution is 2.29. The number of nitrogens with zero attached hydrogens (tertiary/aromatic N) is 1. The monoisotopic (exact) mass is 427 g/mol. The Morgan fingerprint density at radius 2 is 1.86 bits per heavy atom. The van der Waals surface area contributed by atoms with Crippen LogP contribution < -0.4 is 10.6 Å². The number of nitrogens with one attached hydrogen (secondary N) is 2. The quantitative estimate of drug-likeness (QED) is 0.559. The molecule has 0 aliphatic heterocycles. The van der Waals surface area contributed by atoms with Crippen molar-refractivity contribution in [3.8, 4) is 10.6 Å². The van der Waals surface area contributed by atoms with Crippen molar-refractivity contribution in [2.45, 2.75) is 39.7 Å². The van der Waals surface area contributed by atoms with Gasteiger partial charge in [0.15, 0.2) is 0 Å². The van der Waals surface area contributed by atoms with Crippen LogP contribution >= 0.6 is 22.7 Å². The van der Waals surface area contributed by atoms with Gasteiger partial charge >= 0.3 is 0 Å². The molecule has 2 aromatic heterocycles. The van der Waals surface area contributed by atoms with E-state index in [0.717, 1.165) is 33.1 Å². The number of carbonyl (C=O) groups excluding carboxylic acids is 2. The Hall–Kier alpha value is -2.51. The summed E-state index contributed by atoms with van der Waals surface area (Å²) in [6.45, 7) is 6.05. The smallest absolute Gasteiger partial charge is 0.222 e. The van der Waals surface area contributed by atoms with Gasteiger partial charge in [-0.25, -0.2) is 4.98 Å². The molecule has 0 aliphatic carbocycles. The highest BCUT2D eigenvalue weighted by Gasteiger charge is 2.17. The summed E-state index contributed by atoms with van der Waals surface area (Å²) in [4.78, 5) is 30.9. The number of hydrogen-bond acceptors (Lipinski definition) is 5. The van der Waals surface area contributed by atoms with Crippen molar-refractivity contribution in [3.63, 3.8) is 0 Å². The van der Waals surface area contributed by atoms with E-state index in [4.69, 9.17) is 0 Å². The number of aryl methyl sites for hydroxylation is 2. The molecule has 7 heteroatoms. The minimum Gasteiger partial charge on any atom is -0.356 e. The highest BCUT2D eigenvalue weighted by atomic mass is 32.1. The largest absolute Gasteiger partial charge is 0.356 e. The van der Waals surface area contributed by atoms with E-state index >= 15 is 0 Å². The standard InChI is InChI=1S/C22H25N3O2S2/c1-14-4-6-17(7-5-14)19(24-15(2)26)12-22(27)23-11-10-18-8-9-21(29-18)20-13-28-16(3)25-20/h4-9,13,19H,10-12H2,1-3H3,(H,23,27)(H,24,26). The third kappa shape index (κ3) is 6.24. The predicted molar refractivity (Wildman–Crippen MR) is 119 cm³/mol. The Kier molecular flexibility index (Phi) is 7.17. The molecule has 3 rings (SSSR count). The van der Waals surface area contributed by atoms with E-state index in [9.17, 15) is 9.59 Å². The normalized spacial score (nSPS) is 11.8. The van der Waals surface area contributed by atoms with E-state index in [1.54, 1.807) is 22.7 Å². The molecule has 152 valence electrons. The van der Waals surface area contributed by atoms with Gasteiger partial charge in [-0.1, -0.05) is 29.8 Å². The summed E-state index contributed by atoms with van der Waals surface area (Å²) in [7, 11) is 0. The number of carbonyl (C=O) groups is 2. The zero-order chi connectivity index (χ0) is 20.8. The van der Waals surface area contributed by atoms with Crippen molar-refractivity contribution in [1.82, 2.24) is 15.6 Å². The van der Waals surface area contributed by atoms with Gasteiger partial charge in [-0.2, -0.15) is 0 Å². The van der Waals surface area contributed by atoms with Crippen LogP contribution in [0.4, 0.5) is 0 Å². The van der Waals surface area contributed by atoms with Gasteiger partial charge in [0.25, 0.3) is 0 Å². The number of thiazole rings is 1. The van der Waals surface area contributed by atoms with Crippen molar-refractivity contribution in [2.24, 2.45) is 0 Å². The van der Waals surface area contributed by atoms with Gasteiger partial charge in [-0.15, -0.1) is 22.7 Å². The first-order valence-electron chi connectivity index (χ1n) is 9.52. The summed E-state index contributed by atoms with van der Waals surface area (Å²) in [6, 6.07) is 11.7. The molecule has 0 saturated heterocycles. The van der Waals surface area contributed by atoms with E-state index < -0.39 is 0 Å². The van der Waals surface area contributed by atoms with Crippen LogP contribution in [0, 0.1) is 13.8 Å². The number of hydrogen-bond donors (Lipinski definition) is 2. The first-order valence-corrected chi connectivity index (χ1v) is 11.2. The van der Waals surface area contributed by atoms with Crippen LogP contribution in [0.2, 0.25) is 0 Å². The number of thiophene rings is 1. The van der Waals surface area contributed by atoms with Gasteiger partial charge in [0, 0.05) is 23.7 Å². The Bertz CT molecular complexity index is 976. The van der Waals surface area contributed by atoms with Crippen LogP contribution in [0.1, 0.15) is 40.4 Å². The SMILES string of the molecule is CC(=O)NC(CC(=O)NCCc1ccc(-c2csc(C)n2)s1)c1ccc(C)cc1. The van der Waals surface area contributed by atoms with Crippen molar-refractivity contribution in [1.29, 1.82) is 0 Å². The Labute approximate surface area is 179 Å². The van der Waals surface area contributed by atoms with Gasteiger partial charge in [0.05, 0.1) is 28.0 Å². The molecule has 0 fully saturated rings. The molecule has 1 aromatic carbocycles. The van der Waals surface area contributed by atoms with Gasteiger partial charge in [0.1, 0.15) is 0 Å². The van der Waals surface area contributed by atoms with E-state index in [2.05, 4.69) is 33.1 Å². The molecule has 0 bridgehead atoms. The minimum atomic E-state index is -0.325. The maximum atomic E-state index is 12.4. The zero-order valence-corrected chi connectivity index (χ0v) is 18.5. The third-order valence-corrected chi connectivity index (χ3v) is 6.41. The number of aromatic nitrogens is 1. The number of benzene rings is 1. The molecule has 0 spiro atoms. The number of rotatable bonds is 8. The summed E-state index contributed by atoms with van der Waals surface area (Å²) < 4.78 is 0. The summed E-state index contributed by atoms with van der Waals surface area (Å²) >= 11 is 3.35. The molecule has 2 heterocycles. The van der Waals surface area contributed by atoms with Gasteiger partial charge < -0.3 is 10.6 Å². The topological polar surface area (TPSA) is 71.1 Å². The first-order chi connectivity index (χ1) is 13.9. The van der Waals surface area contributed by atoms with E-state index in [1.807, 2.05) is 38.1 Å². The minimum absolute atomic E-state index is 0.0729. The van der Waals surface area contributed by atoms with Crippen molar-refractivity contribution < 1.29 is 9.59 Å². The molecular formula is C22H25N3O2S2. The lowest BCUT2D eigenvalue weighted by Crippen LogP contribution is -2.33. The average Bonchev–Trinajstić information content (AvgIpc) is 3.30. The molecule has 2 amide bonds. The Morgan fingerprint density at radius 3 is 2.52 bits per heavy atom. The predicted octanol–water partition coefficient (Wildman–Crippen LogP) is 4.41. The second-order valence-corrected chi connectivity index (χ2v) is 9.22. The molecule has 0 aliphatic rings. The van der Waals surface area contributed by atoms with Crippen LogP contribution in [0.5, 0.6) is 0 Å². The summed E-state index contributed by atoms with van der Waals surface area (Å²) in [6.07, 6.45) is 0.991. The van der Waals surface area contributed by atoms with Gasteiger partial charge in [-0.05, 0) is 38.0 Å². The van der Waals surface area contributed by atoms with E-state index in [-0.39, 0.29) is 24.3 Å². The molecule has 29 heavy (non-hydrogen) atoms. The maximum Gasteiger partial charge on any atom is 0.222 e. The molecule has 2 N–H and O–H groups in total. The fourth-order valence-corrected chi connectivity index (χ4v) is 4.66. The second-order valence-electron chi connectivity index (χ2n) is 6.99. The van der Waals surface area contributed by atoms with Crippen molar-refractivity contribution in [2.75, 3.05) is 6.54 Å². The molecular weight excluding hydrogens is 402 g/mol. The van der Waals surface area contributed by atoms with Crippen LogP contribution in [-0.2, 0) is 16.0 Å². The summed E-state index contributed by atoms with van der Waals surface area (Å²) in [5, 5.41) is 8.98. The van der Waals surface area contributed by atoms with Gasteiger partial charge in [0.2, 0.25) is 11.8 Å². The lowest BCUT2D eigenvalue weighted by Gasteiger charge is -2.18. The lowest BCUT2D eigenvalue weighted by molar-refractivity contribution is -0.122. The fourth-order valence-electron chi connectivity index (χ4n) is 3.01. The highest BCUT2D eigenvalue weighted by molar-refractivity contribution is 7.16. The van der Waals surface area contributed by atoms with Crippen LogP contribution in [0.25, 0.3) is 10.6 Å². The number of amides is 2. The first kappa shape index (κ1) is 21.2. The Morgan fingerprint density at radius 1 is 1.10 bits per heavy atom. The molecule has 3 aromatic rings. The summed E-state index contributed by atoms with van der Waals surface area (Å²) in [5.74, 6) is -0.219. The van der Waals surface area contributed by atoms with Crippen molar-refractivity contribution in [3.05, 3.63) is 62.8 Å². The molecule has 5 nitrogen and oxygen atoms in total. The van der Waals surface area contributed by atoms with Crippen LogP contribution in [-0.4, -0.2) is 23.3 Å². The molecule has 1 atom stereocenters. The molecule has 0 radical (unpaired) electrons. The second kappa shape index (κ2) is 9.80. The average molecular weight is 428 g/mol. The summed E-state index contributed by atoms with van der Waals surface area (Å²) in [5.41, 5.74) is 3.09. The Balaban J connectivity index is 1.52. The third-order valence-electron chi connectivity index (χ3n) is 4.47.